The summed E-state index contributed by atoms with van der Waals surface area (Å²) in [7, 11) is -0.286. The maximum Gasteiger partial charge on any atom is 0.270 e. The van der Waals surface area contributed by atoms with Crippen LogP contribution in [0, 0.1) is 0 Å². The Hall–Kier alpha value is -2.56. The van der Waals surface area contributed by atoms with Crippen molar-refractivity contribution in [1.82, 2.24) is 13.8 Å². The van der Waals surface area contributed by atoms with Gasteiger partial charge in [-0.3, -0.25) is 4.79 Å². The third-order valence-corrected chi connectivity index (χ3v) is 7.66. The summed E-state index contributed by atoms with van der Waals surface area (Å²) < 4.78 is 39.6. The first-order valence-electron chi connectivity index (χ1n) is 10.3. The zero-order valence-corrected chi connectivity index (χ0v) is 18.7. The molecule has 3 heterocycles. The van der Waals surface area contributed by atoms with Gasteiger partial charge in [0.05, 0.1) is 26.0 Å². The minimum atomic E-state index is -3.64. The van der Waals surface area contributed by atoms with Crippen LogP contribution in [0.4, 0.5) is 5.69 Å². The average Bonchev–Trinajstić information content (AvgIpc) is 3.21. The molecule has 0 spiro atoms. The molecular formula is C21H28N4O5S. The molecule has 168 valence electrons. The molecular weight excluding hydrogens is 420 g/mol. The molecule has 2 saturated heterocycles. The monoisotopic (exact) mass is 448 g/mol. The van der Waals surface area contributed by atoms with Crippen molar-refractivity contribution in [3.63, 3.8) is 0 Å². The smallest absolute Gasteiger partial charge is 0.270 e. The first-order chi connectivity index (χ1) is 14.9. The van der Waals surface area contributed by atoms with Gasteiger partial charge in [-0.2, -0.15) is 4.31 Å². The Morgan fingerprint density at radius 3 is 2.39 bits per heavy atom. The number of benzene rings is 1. The molecule has 2 aliphatic heterocycles. The number of hydrogen-bond donors (Lipinski definition) is 0. The molecule has 2 aliphatic rings. The van der Waals surface area contributed by atoms with E-state index in [9.17, 15) is 13.2 Å². The van der Waals surface area contributed by atoms with Crippen LogP contribution in [0.3, 0.4) is 0 Å². The van der Waals surface area contributed by atoms with E-state index in [0.717, 1.165) is 11.4 Å². The zero-order valence-electron chi connectivity index (χ0n) is 17.9. The molecule has 1 amide bonds. The minimum absolute atomic E-state index is 0.146. The molecule has 31 heavy (non-hydrogen) atoms. The molecule has 10 heteroatoms. The van der Waals surface area contributed by atoms with E-state index in [2.05, 4.69) is 4.90 Å². The van der Waals surface area contributed by atoms with Crippen molar-refractivity contribution in [2.45, 2.75) is 4.90 Å². The fourth-order valence-corrected chi connectivity index (χ4v) is 5.51. The third kappa shape index (κ3) is 4.28. The Kier molecular flexibility index (Phi) is 6.22. The summed E-state index contributed by atoms with van der Waals surface area (Å²) in [5.74, 6) is 0.647. The number of methoxy groups -OCH3 is 1. The number of para-hydroxylation sites is 2. The lowest BCUT2D eigenvalue weighted by Gasteiger charge is -2.36. The zero-order chi connectivity index (χ0) is 22.0. The number of amides is 1. The number of carbonyl (C=O) groups excluding carboxylic acids is 1. The van der Waals surface area contributed by atoms with Crippen molar-refractivity contribution in [3.05, 3.63) is 42.2 Å². The van der Waals surface area contributed by atoms with E-state index in [1.807, 2.05) is 24.3 Å². The van der Waals surface area contributed by atoms with Crippen molar-refractivity contribution >= 4 is 21.6 Å². The van der Waals surface area contributed by atoms with E-state index in [1.54, 1.807) is 23.6 Å². The molecule has 0 radical (unpaired) electrons. The summed E-state index contributed by atoms with van der Waals surface area (Å²) in [5.41, 5.74) is 1.38. The molecule has 0 atom stereocenters. The Labute approximate surface area is 182 Å². The van der Waals surface area contributed by atoms with Gasteiger partial charge in [-0.1, -0.05) is 12.1 Å². The number of nitrogens with zero attached hydrogens (tertiary/aromatic N) is 4. The van der Waals surface area contributed by atoms with Gasteiger partial charge in [0.1, 0.15) is 16.3 Å². The van der Waals surface area contributed by atoms with E-state index in [4.69, 9.17) is 9.47 Å². The molecule has 0 aliphatic carbocycles. The van der Waals surface area contributed by atoms with E-state index in [1.165, 1.54) is 16.6 Å². The molecule has 2 fully saturated rings. The first kappa shape index (κ1) is 21.7. The number of carbonyl (C=O) groups is 1. The Balaban J connectivity index is 1.46. The first-order valence-corrected chi connectivity index (χ1v) is 11.8. The van der Waals surface area contributed by atoms with E-state index < -0.39 is 10.0 Å². The summed E-state index contributed by atoms with van der Waals surface area (Å²) in [6.07, 6.45) is 1.52. The fourth-order valence-electron chi connectivity index (χ4n) is 4.03. The third-order valence-electron chi connectivity index (χ3n) is 5.80. The van der Waals surface area contributed by atoms with E-state index in [-0.39, 0.29) is 10.8 Å². The summed E-state index contributed by atoms with van der Waals surface area (Å²) in [6, 6.07) is 9.32. The van der Waals surface area contributed by atoms with Crippen LogP contribution in [0.25, 0.3) is 0 Å². The molecule has 0 saturated carbocycles. The number of aryl methyl sites for hydroxylation is 1. The van der Waals surface area contributed by atoms with Gasteiger partial charge in [-0.05, 0) is 18.2 Å². The normalized spacial score (nSPS) is 18.3. The fraction of sp³-hybridized carbons (Fsp3) is 0.476. The molecule has 0 unspecified atom stereocenters. The predicted octanol–water partition coefficient (Wildman–Crippen LogP) is 1.02. The maximum atomic E-state index is 13.1. The van der Waals surface area contributed by atoms with Crippen molar-refractivity contribution in [1.29, 1.82) is 0 Å². The standard InChI is InChI=1S/C21H28N4O5S/c1-22-16-17(31(27,28)25-11-13-30-14-12-25)15-19(22)21(26)24-9-7-23(8-10-24)18-5-3-4-6-20(18)29-2/h3-6,15-16H,7-14H2,1-2H3. The highest BCUT2D eigenvalue weighted by Gasteiger charge is 2.31. The van der Waals surface area contributed by atoms with Crippen molar-refractivity contribution in [2.75, 3.05) is 64.5 Å². The van der Waals surface area contributed by atoms with Crippen LogP contribution >= 0.6 is 0 Å². The van der Waals surface area contributed by atoms with Gasteiger partial charge in [0.2, 0.25) is 10.0 Å². The molecule has 1 aromatic heterocycles. The Morgan fingerprint density at radius 2 is 1.71 bits per heavy atom. The van der Waals surface area contributed by atoms with Gasteiger partial charge in [-0.25, -0.2) is 8.42 Å². The average molecular weight is 449 g/mol. The lowest BCUT2D eigenvalue weighted by atomic mass is 10.2. The quantitative estimate of drug-likeness (QED) is 0.679. The molecule has 2 aromatic rings. The van der Waals surface area contributed by atoms with Crippen LogP contribution < -0.4 is 9.64 Å². The summed E-state index contributed by atoms with van der Waals surface area (Å²) in [5, 5.41) is 0. The van der Waals surface area contributed by atoms with Crippen LogP contribution in [0.5, 0.6) is 5.75 Å². The number of hydrogen-bond acceptors (Lipinski definition) is 6. The van der Waals surface area contributed by atoms with Crippen molar-refractivity contribution < 1.29 is 22.7 Å². The van der Waals surface area contributed by atoms with Gasteiger partial charge >= 0.3 is 0 Å². The van der Waals surface area contributed by atoms with Crippen LogP contribution in [-0.4, -0.2) is 87.7 Å². The van der Waals surface area contributed by atoms with Crippen LogP contribution in [0.2, 0.25) is 0 Å². The number of ether oxygens (including phenoxy) is 2. The van der Waals surface area contributed by atoms with Gasteiger partial charge in [-0.15, -0.1) is 0 Å². The lowest BCUT2D eigenvalue weighted by Crippen LogP contribution is -2.49. The maximum absolute atomic E-state index is 13.1. The van der Waals surface area contributed by atoms with Gasteiger partial charge in [0.15, 0.2) is 0 Å². The van der Waals surface area contributed by atoms with Gasteiger partial charge < -0.3 is 23.8 Å². The molecule has 0 N–H and O–H groups in total. The van der Waals surface area contributed by atoms with Gasteiger partial charge in [0, 0.05) is 52.5 Å². The lowest BCUT2D eigenvalue weighted by molar-refractivity contribution is 0.0729. The van der Waals surface area contributed by atoms with Crippen molar-refractivity contribution in [2.24, 2.45) is 7.05 Å². The van der Waals surface area contributed by atoms with Crippen LogP contribution in [-0.2, 0) is 21.8 Å². The van der Waals surface area contributed by atoms with Crippen LogP contribution in [0.1, 0.15) is 10.5 Å². The van der Waals surface area contributed by atoms with E-state index in [0.29, 0.717) is 58.2 Å². The highest BCUT2D eigenvalue weighted by molar-refractivity contribution is 7.89. The number of piperazine rings is 1. The largest absolute Gasteiger partial charge is 0.495 e. The number of anilines is 1. The summed E-state index contributed by atoms with van der Waals surface area (Å²) >= 11 is 0. The summed E-state index contributed by atoms with van der Waals surface area (Å²) in [6.45, 7) is 3.87. The minimum Gasteiger partial charge on any atom is -0.495 e. The number of morpholine rings is 1. The summed E-state index contributed by atoms with van der Waals surface area (Å²) in [4.78, 5) is 17.2. The predicted molar refractivity (Wildman–Crippen MR) is 116 cm³/mol. The van der Waals surface area contributed by atoms with Crippen LogP contribution in [0.15, 0.2) is 41.4 Å². The highest BCUT2D eigenvalue weighted by Crippen LogP contribution is 2.29. The highest BCUT2D eigenvalue weighted by atomic mass is 32.2. The second-order valence-electron chi connectivity index (χ2n) is 7.64. The topological polar surface area (TPSA) is 84.3 Å². The molecule has 9 nitrogen and oxygen atoms in total. The molecule has 1 aromatic carbocycles. The number of sulfonamides is 1. The Morgan fingerprint density at radius 1 is 1.03 bits per heavy atom. The Bertz CT molecular complexity index is 1040. The molecule has 4 rings (SSSR count). The second-order valence-corrected chi connectivity index (χ2v) is 9.58. The second kappa shape index (κ2) is 8.89. The van der Waals surface area contributed by atoms with Gasteiger partial charge in [0.25, 0.3) is 5.91 Å². The SMILES string of the molecule is COc1ccccc1N1CCN(C(=O)c2cc(S(=O)(=O)N3CCOCC3)cn2C)CC1. The number of aromatic nitrogens is 1. The molecule has 0 bridgehead atoms. The number of rotatable bonds is 5. The van der Waals surface area contributed by atoms with Crippen molar-refractivity contribution in [3.8, 4) is 5.75 Å². The van der Waals surface area contributed by atoms with E-state index >= 15 is 0 Å².